The number of methoxy groups -OCH3 is 1. The highest BCUT2D eigenvalue weighted by molar-refractivity contribution is 5.88. The van der Waals surface area contributed by atoms with Gasteiger partial charge in [0.05, 0.1) is 7.11 Å². The van der Waals surface area contributed by atoms with E-state index >= 15 is 0 Å². The second-order valence-electron chi connectivity index (χ2n) is 5.08. The molecule has 0 unspecified atom stereocenters. The molecule has 1 rings (SSSR count). The summed E-state index contributed by atoms with van der Waals surface area (Å²) in [4.78, 5) is 13.7. The van der Waals surface area contributed by atoms with E-state index < -0.39 is 11.7 Å². The summed E-state index contributed by atoms with van der Waals surface area (Å²) in [5.74, 6) is 0.742. The van der Waals surface area contributed by atoms with Gasteiger partial charge in [-0.3, -0.25) is 4.90 Å². The number of nitrogens with zero attached hydrogens (tertiary/aromatic N) is 1. The summed E-state index contributed by atoms with van der Waals surface area (Å²) < 4.78 is 10.5. The van der Waals surface area contributed by atoms with Crippen molar-refractivity contribution in [3.8, 4) is 5.75 Å². The minimum atomic E-state index is -0.525. The van der Waals surface area contributed by atoms with Crippen LogP contribution in [0.4, 0.5) is 10.5 Å². The van der Waals surface area contributed by atoms with Crippen molar-refractivity contribution in [1.82, 2.24) is 0 Å². The number of hydrogen-bond donors (Lipinski definition) is 0. The van der Waals surface area contributed by atoms with E-state index in [4.69, 9.17) is 9.47 Å². The van der Waals surface area contributed by atoms with Crippen LogP contribution in [0.1, 0.15) is 20.8 Å². The highest BCUT2D eigenvalue weighted by Crippen LogP contribution is 2.21. The average Bonchev–Trinajstić information content (AvgIpc) is 2.34. The highest BCUT2D eigenvalue weighted by atomic mass is 16.6. The first-order valence-electron chi connectivity index (χ1n) is 6.13. The molecule has 0 aromatic heterocycles. The Morgan fingerprint density at radius 2 is 1.89 bits per heavy atom. The van der Waals surface area contributed by atoms with Gasteiger partial charge in [0.15, 0.2) is 0 Å². The van der Waals surface area contributed by atoms with E-state index in [-0.39, 0.29) is 0 Å². The maximum absolute atomic E-state index is 12.1. The third-order valence-electron chi connectivity index (χ3n) is 2.31. The fourth-order valence-electron chi connectivity index (χ4n) is 1.49. The Labute approximate surface area is 114 Å². The molecule has 104 valence electrons. The Morgan fingerprint density at radius 3 is 2.32 bits per heavy atom. The molecule has 0 saturated heterocycles. The van der Waals surface area contributed by atoms with E-state index in [1.807, 2.05) is 32.9 Å². The monoisotopic (exact) mass is 263 g/mol. The zero-order valence-corrected chi connectivity index (χ0v) is 12.0. The van der Waals surface area contributed by atoms with Gasteiger partial charge in [-0.2, -0.15) is 0 Å². The number of carbonyl (C=O) groups excluding carboxylic acids is 1. The molecule has 0 saturated carbocycles. The van der Waals surface area contributed by atoms with Crippen molar-refractivity contribution >= 4 is 11.8 Å². The Kier molecular flexibility index (Phi) is 4.98. The van der Waals surface area contributed by atoms with E-state index in [9.17, 15) is 4.79 Å². The summed E-state index contributed by atoms with van der Waals surface area (Å²) >= 11 is 0. The van der Waals surface area contributed by atoms with Gasteiger partial charge in [0.1, 0.15) is 11.4 Å². The van der Waals surface area contributed by atoms with Gasteiger partial charge in [-0.05, 0) is 45.0 Å². The first-order chi connectivity index (χ1) is 8.87. The lowest BCUT2D eigenvalue weighted by atomic mass is 10.2. The number of benzene rings is 1. The van der Waals surface area contributed by atoms with Crippen LogP contribution in [0.25, 0.3) is 0 Å². The van der Waals surface area contributed by atoms with Crippen molar-refractivity contribution < 1.29 is 14.3 Å². The topological polar surface area (TPSA) is 38.8 Å². The molecule has 0 aliphatic carbocycles. The largest absolute Gasteiger partial charge is 0.497 e. The van der Waals surface area contributed by atoms with Gasteiger partial charge in [0.2, 0.25) is 0 Å². The van der Waals surface area contributed by atoms with Crippen molar-refractivity contribution in [2.75, 3.05) is 18.6 Å². The fraction of sp³-hybridized carbons (Fsp3) is 0.400. The number of amides is 1. The van der Waals surface area contributed by atoms with E-state index in [0.717, 1.165) is 11.4 Å². The van der Waals surface area contributed by atoms with Gasteiger partial charge in [-0.1, -0.05) is 6.08 Å². The van der Waals surface area contributed by atoms with Gasteiger partial charge in [0, 0.05) is 12.2 Å². The number of ether oxygens (including phenoxy) is 2. The minimum Gasteiger partial charge on any atom is -0.497 e. The summed E-state index contributed by atoms with van der Waals surface area (Å²) in [6, 6.07) is 7.23. The minimum absolute atomic E-state index is 0.390. The molecule has 0 aliphatic rings. The van der Waals surface area contributed by atoms with Crippen LogP contribution < -0.4 is 9.64 Å². The lowest BCUT2D eigenvalue weighted by molar-refractivity contribution is 0.0584. The van der Waals surface area contributed by atoms with Crippen molar-refractivity contribution in [2.24, 2.45) is 0 Å². The van der Waals surface area contributed by atoms with Crippen LogP contribution in [0.3, 0.4) is 0 Å². The Hall–Kier alpha value is -1.97. The normalized spacial score (nSPS) is 10.7. The van der Waals surface area contributed by atoms with Gasteiger partial charge in [-0.25, -0.2) is 4.79 Å². The second kappa shape index (κ2) is 6.27. The summed E-state index contributed by atoms with van der Waals surface area (Å²) in [6.07, 6.45) is 1.27. The van der Waals surface area contributed by atoms with Gasteiger partial charge in [0.25, 0.3) is 0 Å². The van der Waals surface area contributed by atoms with E-state index in [1.165, 1.54) is 4.90 Å². The molecule has 19 heavy (non-hydrogen) atoms. The highest BCUT2D eigenvalue weighted by Gasteiger charge is 2.22. The third-order valence-corrected chi connectivity index (χ3v) is 2.31. The fourth-order valence-corrected chi connectivity index (χ4v) is 1.49. The van der Waals surface area contributed by atoms with Crippen LogP contribution in [0.5, 0.6) is 5.75 Å². The lowest BCUT2D eigenvalue weighted by Crippen LogP contribution is -2.37. The van der Waals surface area contributed by atoms with Crippen LogP contribution in [0.2, 0.25) is 0 Å². The van der Waals surface area contributed by atoms with Crippen molar-refractivity contribution in [2.45, 2.75) is 26.4 Å². The SMILES string of the molecule is C=CCN(C(=O)OC(C)(C)C)c1ccc(OC)cc1. The Bertz CT molecular complexity index is 432. The van der Waals surface area contributed by atoms with Crippen molar-refractivity contribution in [3.63, 3.8) is 0 Å². The molecule has 4 nitrogen and oxygen atoms in total. The molecule has 1 amide bonds. The van der Waals surface area contributed by atoms with E-state index in [0.29, 0.717) is 6.54 Å². The summed E-state index contributed by atoms with van der Waals surface area (Å²) in [6.45, 7) is 9.57. The number of carbonyl (C=O) groups is 1. The van der Waals surface area contributed by atoms with E-state index in [1.54, 1.807) is 25.3 Å². The van der Waals surface area contributed by atoms with Gasteiger partial charge >= 0.3 is 6.09 Å². The molecule has 0 atom stereocenters. The molecule has 0 fully saturated rings. The zero-order valence-electron chi connectivity index (χ0n) is 12.0. The maximum Gasteiger partial charge on any atom is 0.415 e. The van der Waals surface area contributed by atoms with Crippen LogP contribution >= 0.6 is 0 Å². The molecule has 0 spiro atoms. The van der Waals surface area contributed by atoms with Crippen LogP contribution in [-0.4, -0.2) is 25.3 Å². The molecule has 0 bridgehead atoms. The summed E-state index contributed by atoms with van der Waals surface area (Å²) in [7, 11) is 1.60. The molecular weight excluding hydrogens is 242 g/mol. The first kappa shape index (κ1) is 15.1. The predicted molar refractivity (Wildman–Crippen MR) is 76.8 cm³/mol. The van der Waals surface area contributed by atoms with Crippen molar-refractivity contribution in [3.05, 3.63) is 36.9 Å². The Balaban J connectivity index is 2.92. The molecule has 0 aliphatic heterocycles. The molecular formula is C15H21NO3. The number of hydrogen-bond acceptors (Lipinski definition) is 3. The molecule has 4 heteroatoms. The van der Waals surface area contributed by atoms with E-state index in [2.05, 4.69) is 6.58 Å². The average molecular weight is 263 g/mol. The van der Waals surface area contributed by atoms with Crippen LogP contribution in [0.15, 0.2) is 36.9 Å². The Morgan fingerprint density at radius 1 is 1.32 bits per heavy atom. The lowest BCUT2D eigenvalue weighted by Gasteiger charge is -2.26. The quantitative estimate of drug-likeness (QED) is 0.779. The van der Waals surface area contributed by atoms with Gasteiger partial charge < -0.3 is 9.47 Å². The molecule has 0 radical (unpaired) electrons. The predicted octanol–water partition coefficient (Wildman–Crippen LogP) is 3.62. The molecule has 1 aromatic rings. The molecule has 0 heterocycles. The summed E-state index contributed by atoms with van der Waals surface area (Å²) in [5, 5.41) is 0. The molecule has 1 aromatic carbocycles. The second-order valence-corrected chi connectivity index (χ2v) is 5.08. The van der Waals surface area contributed by atoms with Crippen LogP contribution in [0, 0.1) is 0 Å². The zero-order chi connectivity index (χ0) is 14.5. The maximum atomic E-state index is 12.1. The standard InChI is InChI=1S/C15H21NO3/c1-6-11-16(14(17)19-15(2,3)4)12-7-9-13(18-5)10-8-12/h6-10H,1,11H2,2-5H3. The van der Waals surface area contributed by atoms with Crippen LogP contribution in [-0.2, 0) is 4.74 Å². The first-order valence-corrected chi connectivity index (χ1v) is 6.13. The number of rotatable bonds is 4. The molecule has 0 N–H and O–H groups in total. The van der Waals surface area contributed by atoms with Crippen molar-refractivity contribution in [1.29, 1.82) is 0 Å². The summed E-state index contributed by atoms with van der Waals surface area (Å²) in [5.41, 5.74) is 0.220. The number of anilines is 1. The van der Waals surface area contributed by atoms with Gasteiger partial charge in [-0.15, -0.1) is 6.58 Å². The smallest absolute Gasteiger partial charge is 0.415 e. The third kappa shape index (κ3) is 4.66.